The molecule has 35 heavy (non-hydrogen) atoms. The third-order valence-corrected chi connectivity index (χ3v) is 6.38. The van der Waals surface area contributed by atoms with Gasteiger partial charge in [0.15, 0.2) is 11.5 Å². The van der Waals surface area contributed by atoms with Crippen molar-refractivity contribution >= 4 is 22.6 Å². The smallest absolute Gasteiger partial charge is 0.221 e. The van der Waals surface area contributed by atoms with Crippen LogP contribution in [0.1, 0.15) is 28.9 Å². The highest BCUT2D eigenvalue weighted by Crippen LogP contribution is 2.27. The van der Waals surface area contributed by atoms with Crippen LogP contribution in [0.3, 0.4) is 0 Å². The van der Waals surface area contributed by atoms with Gasteiger partial charge in [-0.05, 0) is 36.6 Å². The van der Waals surface area contributed by atoms with Crippen molar-refractivity contribution in [2.45, 2.75) is 26.2 Å². The first kappa shape index (κ1) is 26.4. The second-order valence-corrected chi connectivity index (χ2v) is 8.90. The number of hydrogen-bond acceptors (Lipinski definition) is 8. The van der Waals surface area contributed by atoms with Crippen LogP contribution >= 0.6 is 11.5 Å². The molecule has 0 aliphatic rings. The van der Waals surface area contributed by atoms with Gasteiger partial charge in [0.2, 0.25) is 11.0 Å². The molecule has 8 nitrogen and oxygen atoms in total. The highest BCUT2D eigenvalue weighted by Gasteiger charge is 2.15. The lowest BCUT2D eigenvalue weighted by molar-refractivity contribution is -0.120. The second-order valence-electron chi connectivity index (χ2n) is 8.17. The van der Waals surface area contributed by atoms with Crippen molar-refractivity contribution in [2.75, 3.05) is 52.5 Å². The van der Waals surface area contributed by atoms with Crippen LogP contribution in [0.4, 0.5) is 5.13 Å². The molecule has 0 saturated heterocycles. The van der Waals surface area contributed by atoms with Gasteiger partial charge < -0.3 is 24.4 Å². The molecule has 0 spiro atoms. The lowest BCUT2D eigenvalue weighted by Gasteiger charge is -2.20. The fourth-order valence-corrected chi connectivity index (χ4v) is 4.28. The maximum Gasteiger partial charge on any atom is 0.221 e. The Bertz CT molecular complexity index is 1070. The number of nitrogens with one attached hydrogen (secondary N) is 1. The van der Waals surface area contributed by atoms with E-state index in [9.17, 15) is 4.79 Å². The Labute approximate surface area is 211 Å². The predicted molar refractivity (Wildman–Crippen MR) is 139 cm³/mol. The fraction of sp³-hybridized carbons (Fsp3) is 0.423. The molecule has 3 aromatic rings. The topological polar surface area (TPSA) is 85.8 Å². The number of carbonyl (C=O) groups is 1. The lowest BCUT2D eigenvalue weighted by Crippen LogP contribution is -2.33. The molecule has 0 aliphatic carbocycles. The molecular formula is C26H34N4O4S. The molecular weight excluding hydrogens is 464 g/mol. The van der Waals surface area contributed by atoms with Crippen molar-refractivity contribution in [3.63, 3.8) is 0 Å². The molecule has 1 heterocycles. The van der Waals surface area contributed by atoms with Crippen molar-refractivity contribution in [1.29, 1.82) is 0 Å². The van der Waals surface area contributed by atoms with Gasteiger partial charge in [-0.15, -0.1) is 0 Å². The maximum atomic E-state index is 12.5. The van der Waals surface area contributed by atoms with Crippen LogP contribution in [0.15, 0.2) is 42.5 Å². The second kappa shape index (κ2) is 13.7. The summed E-state index contributed by atoms with van der Waals surface area (Å²) in [7, 11) is 4.89. The summed E-state index contributed by atoms with van der Waals surface area (Å²) >= 11 is 1.36. The van der Waals surface area contributed by atoms with Crippen LogP contribution in [0.5, 0.6) is 11.5 Å². The number of carbonyl (C=O) groups excluding carboxylic acids is 1. The van der Waals surface area contributed by atoms with Gasteiger partial charge in [0.1, 0.15) is 5.82 Å². The highest BCUT2D eigenvalue weighted by atomic mass is 32.1. The van der Waals surface area contributed by atoms with E-state index in [1.165, 1.54) is 22.7 Å². The Hall–Kier alpha value is -3.17. The van der Waals surface area contributed by atoms with Gasteiger partial charge in [0, 0.05) is 51.1 Å². The predicted octanol–water partition coefficient (Wildman–Crippen LogP) is 3.66. The number of benzene rings is 2. The van der Waals surface area contributed by atoms with Crippen LogP contribution in [0, 0.1) is 6.92 Å². The van der Waals surface area contributed by atoms with E-state index >= 15 is 0 Å². The summed E-state index contributed by atoms with van der Waals surface area (Å²) in [4.78, 5) is 19.3. The SMILES string of the molecule is COCCN(CCC(=O)NCCc1ccc(OC)c(OC)c1)c1nc(Cc2ccc(C)cc2)ns1. The van der Waals surface area contributed by atoms with E-state index in [2.05, 4.69) is 45.8 Å². The summed E-state index contributed by atoms with van der Waals surface area (Å²) in [5.41, 5.74) is 3.48. The summed E-state index contributed by atoms with van der Waals surface area (Å²) in [5, 5.41) is 3.81. The zero-order valence-electron chi connectivity index (χ0n) is 20.9. The molecule has 1 aromatic heterocycles. The molecule has 1 N–H and O–H groups in total. The first-order valence-electron chi connectivity index (χ1n) is 11.6. The molecule has 9 heteroatoms. The highest BCUT2D eigenvalue weighted by molar-refractivity contribution is 7.09. The molecule has 0 radical (unpaired) electrons. The average Bonchev–Trinajstić information content (AvgIpc) is 3.33. The summed E-state index contributed by atoms with van der Waals surface area (Å²) < 4.78 is 20.4. The van der Waals surface area contributed by atoms with E-state index in [4.69, 9.17) is 19.2 Å². The van der Waals surface area contributed by atoms with Crippen LogP contribution < -0.4 is 19.7 Å². The van der Waals surface area contributed by atoms with E-state index in [0.29, 0.717) is 57.0 Å². The van der Waals surface area contributed by atoms with Crippen molar-refractivity contribution < 1.29 is 19.0 Å². The molecule has 3 rings (SSSR count). The average molecular weight is 499 g/mol. The number of methoxy groups -OCH3 is 3. The van der Waals surface area contributed by atoms with Crippen molar-refractivity contribution in [1.82, 2.24) is 14.7 Å². The van der Waals surface area contributed by atoms with Crippen LogP contribution in [-0.2, 0) is 22.4 Å². The monoisotopic (exact) mass is 498 g/mol. The minimum atomic E-state index is -0.00251. The van der Waals surface area contributed by atoms with E-state index in [1.54, 1.807) is 21.3 Å². The van der Waals surface area contributed by atoms with Crippen LogP contribution in [-0.4, -0.2) is 62.8 Å². The normalized spacial score (nSPS) is 10.7. The fourth-order valence-electron chi connectivity index (χ4n) is 3.55. The number of rotatable bonds is 14. The summed E-state index contributed by atoms with van der Waals surface area (Å²) in [5.74, 6) is 2.16. The van der Waals surface area contributed by atoms with Gasteiger partial charge in [-0.2, -0.15) is 4.37 Å². The largest absolute Gasteiger partial charge is 0.493 e. The van der Waals surface area contributed by atoms with Gasteiger partial charge in [-0.3, -0.25) is 4.79 Å². The Morgan fingerprint density at radius 1 is 1.00 bits per heavy atom. The molecule has 0 aliphatic heterocycles. The Morgan fingerprint density at radius 2 is 1.74 bits per heavy atom. The number of aryl methyl sites for hydroxylation is 1. The molecule has 0 fully saturated rings. The molecule has 0 atom stereocenters. The number of ether oxygens (including phenoxy) is 3. The van der Waals surface area contributed by atoms with Gasteiger partial charge in [0.25, 0.3) is 0 Å². The number of hydrogen-bond donors (Lipinski definition) is 1. The zero-order chi connectivity index (χ0) is 25.0. The van der Waals surface area contributed by atoms with Crippen LogP contribution in [0.2, 0.25) is 0 Å². The van der Waals surface area contributed by atoms with E-state index in [0.717, 1.165) is 16.5 Å². The number of anilines is 1. The van der Waals surface area contributed by atoms with Gasteiger partial charge in [0.05, 0.1) is 20.8 Å². The van der Waals surface area contributed by atoms with Crippen molar-refractivity contribution in [3.8, 4) is 11.5 Å². The zero-order valence-corrected chi connectivity index (χ0v) is 21.7. The summed E-state index contributed by atoms with van der Waals surface area (Å²) in [6, 6.07) is 14.2. The number of nitrogens with zero attached hydrogens (tertiary/aromatic N) is 3. The van der Waals surface area contributed by atoms with E-state index < -0.39 is 0 Å². The molecule has 188 valence electrons. The molecule has 0 saturated carbocycles. The standard InChI is InChI=1S/C26H34N4O4S/c1-19-5-7-20(8-6-19)18-24-28-26(35-29-24)30(15-16-32-2)14-12-25(31)27-13-11-21-9-10-22(33-3)23(17-21)34-4/h5-10,17H,11-16,18H2,1-4H3,(H,27,31). The molecule has 0 unspecified atom stereocenters. The first-order valence-corrected chi connectivity index (χ1v) is 12.4. The maximum absolute atomic E-state index is 12.5. The van der Waals surface area contributed by atoms with Gasteiger partial charge in [-0.25, -0.2) is 4.98 Å². The number of aromatic nitrogens is 2. The third-order valence-electron chi connectivity index (χ3n) is 5.57. The summed E-state index contributed by atoms with van der Waals surface area (Å²) in [6.07, 6.45) is 1.76. The van der Waals surface area contributed by atoms with Gasteiger partial charge >= 0.3 is 0 Å². The van der Waals surface area contributed by atoms with E-state index in [-0.39, 0.29) is 5.91 Å². The van der Waals surface area contributed by atoms with E-state index in [1.807, 2.05) is 18.2 Å². The first-order chi connectivity index (χ1) is 17.0. The quantitative estimate of drug-likeness (QED) is 0.363. The lowest BCUT2D eigenvalue weighted by atomic mass is 10.1. The molecule has 1 amide bonds. The summed E-state index contributed by atoms with van der Waals surface area (Å²) in [6.45, 7) is 4.36. The molecule has 2 aromatic carbocycles. The minimum absolute atomic E-state index is 0.00251. The molecule has 0 bridgehead atoms. The van der Waals surface area contributed by atoms with Gasteiger partial charge in [-0.1, -0.05) is 35.9 Å². The number of amides is 1. The van der Waals surface area contributed by atoms with Crippen molar-refractivity contribution in [2.24, 2.45) is 0 Å². The van der Waals surface area contributed by atoms with Crippen LogP contribution in [0.25, 0.3) is 0 Å². The third kappa shape index (κ3) is 8.22. The van der Waals surface area contributed by atoms with Crippen molar-refractivity contribution in [3.05, 3.63) is 65.0 Å². The minimum Gasteiger partial charge on any atom is -0.493 e. The Morgan fingerprint density at radius 3 is 2.46 bits per heavy atom. The Kier molecular flexibility index (Phi) is 10.3. The Balaban J connectivity index is 1.50.